The summed E-state index contributed by atoms with van der Waals surface area (Å²) in [6.07, 6.45) is 4.28. The van der Waals surface area contributed by atoms with Crippen molar-refractivity contribution < 1.29 is 4.79 Å². The molecule has 1 N–H and O–H groups in total. The molecule has 2 rings (SSSR count). The number of fused-ring (bicyclic) bond motifs is 1. The molecule has 0 bridgehead atoms. The molecule has 3 heteroatoms. The van der Waals surface area contributed by atoms with Crippen LogP contribution in [0.4, 0.5) is 10.5 Å². The number of nitrogens with one attached hydrogen (secondary N) is 1. The molecule has 0 saturated heterocycles. The Kier molecular flexibility index (Phi) is 4.02. The highest BCUT2D eigenvalue weighted by atomic mass is 16.2. The SMILES string of the molecule is CCCCNC(=O)N1CCCc2ccccc21. The lowest BCUT2D eigenvalue weighted by Gasteiger charge is -2.29. The van der Waals surface area contributed by atoms with Gasteiger partial charge in [0.05, 0.1) is 0 Å². The van der Waals surface area contributed by atoms with Gasteiger partial charge in [-0.05, 0) is 30.9 Å². The molecule has 0 fully saturated rings. The summed E-state index contributed by atoms with van der Waals surface area (Å²) in [4.78, 5) is 13.9. The van der Waals surface area contributed by atoms with Gasteiger partial charge in [-0.3, -0.25) is 4.90 Å². The molecular weight excluding hydrogens is 212 g/mol. The summed E-state index contributed by atoms with van der Waals surface area (Å²) in [6, 6.07) is 8.23. The van der Waals surface area contributed by atoms with Crippen LogP contribution in [0.2, 0.25) is 0 Å². The van der Waals surface area contributed by atoms with Gasteiger partial charge in [0.25, 0.3) is 0 Å². The van der Waals surface area contributed by atoms with Crippen molar-refractivity contribution in [3.8, 4) is 0 Å². The molecule has 1 aromatic rings. The number of carbonyl (C=O) groups excluding carboxylic acids is 1. The van der Waals surface area contributed by atoms with E-state index in [1.807, 2.05) is 23.1 Å². The normalized spacial score (nSPS) is 14.3. The van der Waals surface area contributed by atoms with Gasteiger partial charge in [0.15, 0.2) is 0 Å². The molecule has 0 atom stereocenters. The molecule has 17 heavy (non-hydrogen) atoms. The Hall–Kier alpha value is -1.51. The lowest BCUT2D eigenvalue weighted by Crippen LogP contribution is -2.43. The minimum atomic E-state index is 0.0469. The van der Waals surface area contributed by atoms with Gasteiger partial charge in [0.1, 0.15) is 0 Å². The number of aryl methyl sites for hydroxylation is 1. The van der Waals surface area contributed by atoms with E-state index in [0.717, 1.165) is 44.5 Å². The Bertz CT molecular complexity index is 390. The summed E-state index contributed by atoms with van der Waals surface area (Å²) in [5.41, 5.74) is 2.36. The Morgan fingerprint density at radius 1 is 1.41 bits per heavy atom. The van der Waals surface area contributed by atoms with Gasteiger partial charge in [0, 0.05) is 18.8 Å². The minimum absolute atomic E-state index is 0.0469. The van der Waals surface area contributed by atoms with Crippen molar-refractivity contribution in [2.75, 3.05) is 18.0 Å². The van der Waals surface area contributed by atoms with Crippen LogP contribution in [-0.4, -0.2) is 19.1 Å². The zero-order valence-electron chi connectivity index (χ0n) is 10.4. The molecule has 0 spiro atoms. The van der Waals surface area contributed by atoms with Gasteiger partial charge in [-0.15, -0.1) is 0 Å². The average Bonchev–Trinajstić information content (AvgIpc) is 2.38. The molecule has 0 aromatic heterocycles. The number of anilines is 1. The van der Waals surface area contributed by atoms with E-state index in [0.29, 0.717) is 0 Å². The van der Waals surface area contributed by atoms with Crippen molar-refractivity contribution in [3.63, 3.8) is 0 Å². The molecule has 1 aromatic carbocycles. The largest absolute Gasteiger partial charge is 0.338 e. The van der Waals surface area contributed by atoms with Gasteiger partial charge >= 0.3 is 6.03 Å². The zero-order chi connectivity index (χ0) is 12.1. The molecule has 1 aliphatic heterocycles. The van der Waals surface area contributed by atoms with Crippen molar-refractivity contribution in [2.45, 2.75) is 32.6 Å². The van der Waals surface area contributed by atoms with Gasteiger partial charge in [-0.25, -0.2) is 4.79 Å². The maximum absolute atomic E-state index is 12.1. The van der Waals surface area contributed by atoms with Gasteiger partial charge in [-0.2, -0.15) is 0 Å². The van der Waals surface area contributed by atoms with E-state index in [1.54, 1.807) is 0 Å². The average molecular weight is 232 g/mol. The highest BCUT2D eigenvalue weighted by molar-refractivity contribution is 5.93. The molecule has 2 amide bonds. The Balaban J connectivity index is 2.05. The lowest BCUT2D eigenvalue weighted by molar-refractivity contribution is 0.245. The summed E-state index contributed by atoms with van der Waals surface area (Å²) in [7, 11) is 0. The van der Waals surface area contributed by atoms with Crippen LogP contribution >= 0.6 is 0 Å². The molecule has 0 saturated carbocycles. The van der Waals surface area contributed by atoms with Gasteiger partial charge in [0.2, 0.25) is 0 Å². The van der Waals surface area contributed by atoms with E-state index in [1.165, 1.54) is 5.56 Å². The highest BCUT2D eigenvalue weighted by Crippen LogP contribution is 2.26. The van der Waals surface area contributed by atoms with E-state index in [9.17, 15) is 4.79 Å². The Morgan fingerprint density at radius 2 is 2.24 bits per heavy atom. The Labute approximate surface area is 103 Å². The van der Waals surface area contributed by atoms with Crippen LogP contribution in [0.3, 0.4) is 0 Å². The maximum atomic E-state index is 12.1. The zero-order valence-corrected chi connectivity index (χ0v) is 10.4. The van der Waals surface area contributed by atoms with E-state index in [-0.39, 0.29) is 6.03 Å². The van der Waals surface area contributed by atoms with Crippen LogP contribution in [0, 0.1) is 0 Å². The molecule has 0 aliphatic carbocycles. The summed E-state index contributed by atoms with van der Waals surface area (Å²) in [6.45, 7) is 3.73. The van der Waals surface area contributed by atoms with Crippen LogP contribution in [0.15, 0.2) is 24.3 Å². The number of unbranched alkanes of at least 4 members (excludes halogenated alkanes) is 1. The Morgan fingerprint density at radius 3 is 3.06 bits per heavy atom. The first-order chi connectivity index (χ1) is 8.33. The number of hydrogen-bond donors (Lipinski definition) is 1. The molecular formula is C14H20N2O. The van der Waals surface area contributed by atoms with Crippen LogP contribution in [0.25, 0.3) is 0 Å². The number of amides is 2. The number of benzene rings is 1. The number of urea groups is 1. The van der Waals surface area contributed by atoms with Crippen LogP contribution in [-0.2, 0) is 6.42 Å². The first-order valence-corrected chi connectivity index (χ1v) is 6.46. The third-order valence-corrected chi connectivity index (χ3v) is 3.16. The van der Waals surface area contributed by atoms with Crippen LogP contribution in [0.1, 0.15) is 31.7 Å². The number of para-hydroxylation sites is 1. The summed E-state index contributed by atoms with van der Waals surface area (Å²) in [5, 5.41) is 2.98. The first-order valence-electron chi connectivity index (χ1n) is 6.46. The number of carbonyl (C=O) groups is 1. The topological polar surface area (TPSA) is 32.3 Å². The number of hydrogen-bond acceptors (Lipinski definition) is 1. The summed E-state index contributed by atoms with van der Waals surface area (Å²) < 4.78 is 0. The fourth-order valence-electron chi connectivity index (χ4n) is 2.21. The standard InChI is InChI=1S/C14H20N2O/c1-2-3-10-15-14(17)16-11-6-8-12-7-4-5-9-13(12)16/h4-5,7,9H,2-3,6,8,10-11H2,1H3,(H,15,17). The van der Waals surface area contributed by atoms with Gasteiger partial charge < -0.3 is 5.32 Å². The minimum Gasteiger partial charge on any atom is -0.338 e. The van der Waals surface area contributed by atoms with E-state index in [2.05, 4.69) is 18.3 Å². The monoisotopic (exact) mass is 232 g/mol. The second kappa shape index (κ2) is 5.71. The maximum Gasteiger partial charge on any atom is 0.321 e. The highest BCUT2D eigenvalue weighted by Gasteiger charge is 2.21. The molecule has 1 aliphatic rings. The number of rotatable bonds is 3. The summed E-state index contributed by atoms with van der Waals surface area (Å²) >= 11 is 0. The molecule has 92 valence electrons. The van der Waals surface area contributed by atoms with Crippen molar-refractivity contribution in [1.29, 1.82) is 0 Å². The predicted molar refractivity (Wildman–Crippen MR) is 70.4 cm³/mol. The van der Waals surface area contributed by atoms with Crippen molar-refractivity contribution in [2.24, 2.45) is 0 Å². The second-order valence-electron chi connectivity index (χ2n) is 4.47. The van der Waals surface area contributed by atoms with Crippen LogP contribution in [0.5, 0.6) is 0 Å². The van der Waals surface area contributed by atoms with E-state index < -0.39 is 0 Å². The van der Waals surface area contributed by atoms with Gasteiger partial charge in [-0.1, -0.05) is 31.5 Å². The molecule has 3 nitrogen and oxygen atoms in total. The second-order valence-corrected chi connectivity index (χ2v) is 4.47. The predicted octanol–water partition coefficient (Wildman–Crippen LogP) is 2.95. The third-order valence-electron chi connectivity index (χ3n) is 3.16. The van der Waals surface area contributed by atoms with E-state index >= 15 is 0 Å². The van der Waals surface area contributed by atoms with Crippen molar-refractivity contribution in [1.82, 2.24) is 5.32 Å². The van der Waals surface area contributed by atoms with Crippen LogP contribution < -0.4 is 10.2 Å². The fourth-order valence-corrected chi connectivity index (χ4v) is 2.21. The van der Waals surface area contributed by atoms with Crippen molar-refractivity contribution in [3.05, 3.63) is 29.8 Å². The summed E-state index contributed by atoms with van der Waals surface area (Å²) in [5.74, 6) is 0. The van der Waals surface area contributed by atoms with Crippen molar-refractivity contribution >= 4 is 11.7 Å². The third kappa shape index (κ3) is 2.78. The molecule has 1 heterocycles. The molecule has 0 unspecified atom stereocenters. The number of nitrogens with zero attached hydrogens (tertiary/aromatic N) is 1. The molecule has 0 radical (unpaired) electrons. The van der Waals surface area contributed by atoms with E-state index in [4.69, 9.17) is 0 Å². The quantitative estimate of drug-likeness (QED) is 0.798. The first kappa shape index (κ1) is 12.0. The lowest BCUT2D eigenvalue weighted by atomic mass is 10.0. The fraction of sp³-hybridized carbons (Fsp3) is 0.500. The smallest absolute Gasteiger partial charge is 0.321 e.